The normalized spacial score (nSPS) is 8.45. The predicted molar refractivity (Wildman–Crippen MR) is 36.3 cm³/mol. The largest absolute Gasteiger partial charge is 1.00 e. The molecule has 0 spiro atoms. The van der Waals surface area contributed by atoms with Gasteiger partial charge in [-0.15, -0.1) is 0 Å². The Bertz CT molecular complexity index is 267. The molecule has 0 amide bonds. The molecule has 0 unspecified atom stereocenters. The van der Waals surface area contributed by atoms with Crippen LogP contribution in [0.1, 0.15) is 10.4 Å². The van der Waals surface area contributed by atoms with Crippen LogP contribution in [0, 0.1) is 0 Å². The molecule has 3 nitrogen and oxygen atoms in total. The molecule has 0 aliphatic heterocycles. The minimum atomic E-state index is -1.22. The molecule has 0 aliphatic rings. The maximum absolute atomic E-state index is 10.2. The van der Waals surface area contributed by atoms with Crippen LogP contribution in [0.5, 0.6) is 0 Å². The van der Waals surface area contributed by atoms with Crippen molar-refractivity contribution in [3.8, 4) is 0 Å². The van der Waals surface area contributed by atoms with Gasteiger partial charge in [0, 0.05) is 22.4 Å². The van der Waals surface area contributed by atoms with Crippen molar-refractivity contribution in [2.24, 2.45) is 0 Å². The van der Waals surface area contributed by atoms with Crippen molar-refractivity contribution in [3.05, 3.63) is 28.5 Å². The van der Waals surface area contributed by atoms with Gasteiger partial charge in [0.2, 0.25) is 0 Å². The molecule has 0 saturated heterocycles. The Morgan fingerprint density at radius 1 is 1.64 bits per heavy atom. The molecule has 1 rings (SSSR count). The second kappa shape index (κ2) is 4.87. The Kier molecular flexibility index (Phi) is 4.92. The number of aromatic nitrogens is 1. The Morgan fingerprint density at radius 2 is 2.27 bits per heavy atom. The molecule has 5 heteroatoms. The second-order valence-corrected chi connectivity index (χ2v) is 2.50. The van der Waals surface area contributed by atoms with E-state index in [1.807, 2.05) is 0 Å². The van der Waals surface area contributed by atoms with Crippen LogP contribution in [0.3, 0.4) is 0 Å². The van der Waals surface area contributed by atoms with Gasteiger partial charge in [-0.1, -0.05) is 0 Å². The van der Waals surface area contributed by atoms with Crippen LogP contribution < -0.4 is 34.7 Å². The van der Waals surface area contributed by atoms with Crippen molar-refractivity contribution in [2.45, 2.75) is 0 Å². The third kappa shape index (κ3) is 2.91. The van der Waals surface area contributed by atoms with Crippen LogP contribution in [0.15, 0.2) is 22.9 Å². The monoisotopic (exact) mass is 223 g/mol. The molecule has 0 saturated carbocycles. The summed E-state index contributed by atoms with van der Waals surface area (Å²) in [6.45, 7) is 0. The maximum Gasteiger partial charge on any atom is 1.00 e. The molecule has 0 atom stereocenters. The first kappa shape index (κ1) is 11.1. The van der Waals surface area contributed by atoms with Crippen molar-refractivity contribution in [3.63, 3.8) is 0 Å². The molecule has 0 bridgehead atoms. The van der Waals surface area contributed by atoms with Crippen molar-refractivity contribution < 1.29 is 39.5 Å². The van der Waals surface area contributed by atoms with Crippen LogP contribution in [-0.4, -0.2) is 11.0 Å². The van der Waals surface area contributed by atoms with E-state index in [9.17, 15) is 9.90 Å². The summed E-state index contributed by atoms with van der Waals surface area (Å²) in [6, 6.07) is 1.55. The summed E-state index contributed by atoms with van der Waals surface area (Å²) >= 11 is 3.04. The Labute approximate surface area is 94.3 Å². The molecular weight excluding hydrogens is 221 g/mol. The molecule has 11 heavy (non-hydrogen) atoms. The smallest absolute Gasteiger partial charge is 0.545 e. The van der Waals surface area contributed by atoms with Crippen molar-refractivity contribution in [1.82, 2.24) is 4.98 Å². The first-order chi connectivity index (χ1) is 4.72. The zero-order valence-electron chi connectivity index (χ0n) is 5.87. The summed E-state index contributed by atoms with van der Waals surface area (Å²) < 4.78 is 0.488. The van der Waals surface area contributed by atoms with Crippen LogP contribution in [0.25, 0.3) is 0 Å². The van der Waals surface area contributed by atoms with Crippen molar-refractivity contribution in [2.75, 3.05) is 0 Å². The number of rotatable bonds is 1. The van der Waals surface area contributed by atoms with E-state index >= 15 is 0 Å². The predicted octanol–water partition coefficient (Wildman–Crippen LogP) is -2.79. The van der Waals surface area contributed by atoms with Gasteiger partial charge in [0.1, 0.15) is 0 Å². The molecule has 0 aliphatic carbocycles. The van der Waals surface area contributed by atoms with Crippen LogP contribution in [-0.2, 0) is 0 Å². The number of halogens is 1. The number of carbonyl (C=O) groups is 1. The standard InChI is InChI=1S/C6H4BrNO2.Na/c7-5-1-2-8-3-4(5)6(9)10;/h1-3H,(H,9,10);/q;+1/p-1. The molecular formula is C6H3BrNNaO2. The van der Waals surface area contributed by atoms with Gasteiger partial charge >= 0.3 is 29.6 Å². The van der Waals surface area contributed by atoms with E-state index in [0.29, 0.717) is 4.47 Å². The number of hydrogen-bond donors (Lipinski definition) is 0. The number of carboxylic acid groups (broad SMARTS) is 1. The van der Waals surface area contributed by atoms with Gasteiger partial charge in [0.15, 0.2) is 0 Å². The van der Waals surface area contributed by atoms with Gasteiger partial charge in [0.25, 0.3) is 0 Å². The van der Waals surface area contributed by atoms with Gasteiger partial charge in [-0.3, -0.25) is 4.98 Å². The zero-order chi connectivity index (χ0) is 7.56. The fourth-order valence-electron chi connectivity index (χ4n) is 0.528. The summed E-state index contributed by atoms with van der Waals surface area (Å²) in [4.78, 5) is 13.9. The topological polar surface area (TPSA) is 53.0 Å². The first-order valence-corrected chi connectivity index (χ1v) is 3.32. The number of pyridine rings is 1. The van der Waals surface area contributed by atoms with Crippen LogP contribution in [0.2, 0.25) is 0 Å². The minimum absolute atomic E-state index is 0. The van der Waals surface area contributed by atoms with Gasteiger partial charge in [0.05, 0.1) is 5.97 Å². The van der Waals surface area contributed by atoms with Crippen LogP contribution >= 0.6 is 15.9 Å². The average Bonchev–Trinajstić information content (AvgIpc) is 1.88. The Morgan fingerprint density at radius 3 is 2.64 bits per heavy atom. The van der Waals surface area contributed by atoms with Crippen LogP contribution in [0.4, 0.5) is 0 Å². The molecule has 1 aromatic rings. The minimum Gasteiger partial charge on any atom is -0.545 e. The second-order valence-electron chi connectivity index (χ2n) is 1.64. The summed E-state index contributed by atoms with van der Waals surface area (Å²) in [6.07, 6.45) is 2.73. The number of hydrogen-bond acceptors (Lipinski definition) is 3. The average molecular weight is 224 g/mol. The van der Waals surface area contributed by atoms with Gasteiger partial charge in [-0.05, 0) is 22.0 Å². The molecule has 0 N–H and O–H groups in total. The van der Waals surface area contributed by atoms with E-state index in [2.05, 4.69) is 20.9 Å². The molecule has 1 heterocycles. The van der Waals surface area contributed by atoms with E-state index in [0.717, 1.165) is 0 Å². The zero-order valence-corrected chi connectivity index (χ0v) is 9.46. The number of carbonyl (C=O) groups excluding carboxylic acids is 1. The van der Waals surface area contributed by atoms with E-state index in [1.54, 1.807) is 6.07 Å². The van der Waals surface area contributed by atoms with Crippen molar-refractivity contribution >= 4 is 21.9 Å². The van der Waals surface area contributed by atoms with E-state index in [1.165, 1.54) is 12.4 Å². The quantitative estimate of drug-likeness (QED) is 0.484. The Hall–Kier alpha value is 0.100. The van der Waals surface area contributed by atoms with E-state index in [-0.39, 0.29) is 35.1 Å². The molecule has 0 aromatic carbocycles. The summed E-state index contributed by atoms with van der Waals surface area (Å²) in [5, 5.41) is 10.2. The summed E-state index contributed by atoms with van der Waals surface area (Å²) in [7, 11) is 0. The molecule has 0 fully saturated rings. The SMILES string of the molecule is O=C([O-])c1cnccc1Br.[Na+]. The molecule has 0 radical (unpaired) electrons. The number of carboxylic acids is 1. The van der Waals surface area contributed by atoms with Gasteiger partial charge < -0.3 is 9.90 Å². The maximum atomic E-state index is 10.2. The number of aromatic carboxylic acids is 1. The third-order valence-electron chi connectivity index (χ3n) is 0.988. The molecule has 52 valence electrons. The molecule has 1 aromatic heterocycles. The van der Waals surface area contributed by atoms with Gasteiger partial charge in [-0.2, -0.15) is 0 Å². The van der Waals surface area contributed by atoms with E-state index in [4.69, 9.17) is 0 Å². The first-order valence-electron chi connectivity index (χ1n) is 2.52. The fourth-order valence-corrected chi connectivity index (χ4v) is 0.910. The van der Waals surface area contributed by atoms with Gasteiger partial charge in [-0.25, -0.2) is 0 Å². The number of nitrogens with zero attached hydrogens (tertiary/aromatic N) is 1. The Balaban J connectivity index is 0.000001000. The van der Waals surface area contributed by atoms with E-state index < -0.39 is 5.97 Å². The summed E-state index contributed by atoms with van der Waals surface area (Å²) in [5.74, 6) is -1.22. The third-order valence-corrected chi connectivity index (χ3v) is 1.68. The summed E-state index contributed by atoms with van der Waals surface area (Å²) in [5.41, 5.74) is 0.0718. The fraction of sp³-hybridized carbons (Fsp3) is 0. The van der Waals surface area contributed by atoms with Crippen molar-refractivity contribution in [1.29, 1.82) is 0 Å².